The van der Waals surface area contributed by atoms with Crippen LogP contribution in [0.3, 0.4) is 0 Å². The Hall–Kier alpha value is -3.22. The Balaban J connectivity index is 1.54. The summed E-state index contributed by atoms with van der Waals surface area (Å²) >= 11 is 12.0. The number of phenols is 1. The molecular formula is C22H18Cl2N2O4. The third-order valence-corrected chi connectivity index (χ3v) is 4.47. The van der Waals surface area contributed by atoms with Gasteiger partial charge in [-0.3, -0.25) is 4.79 Å². The summed E-state index contributed by atoms with van der Waals surface area (Å²) in [5.41, 5.74) is 2.87. The first-order valence-electron chi connectivity index (χ1n) is 8.93. The highest BCUT2D eigenvalue weighted by Gasteiger charge is 2.14. The Kier molecular flexibility index (Phi) is 7.17. The Labute approximate surface area is 183 Å². The average molecular weight is 445 g/mol. The van der Waals surface area contributed by atoms with E-state index >= 15 is 0 Å². The number of amides is 1. The van der Waals surface area contributed by atoms with Crippen LogP contribution in [0.15, 0.2) is 71.8 Å². The number of nitrogens with one attached hydrogen (secondary N) is 1. The van der Waals surface area contributed by atoms with E-state index < -0.39 is 12.0 Å². The van der Waals surface area contributed by atoms with Gasteiger partial charge >= 0.3 is 0 Å². The Morgan fingerprint density at radius 1 is 1.07 bits per heavy atom. The Bertz CT molecular complexity index is 1060. The van der Waals surface area contributed by atoms with Crippen molar-refractivity contribution in [1.82, 2.24) is 5.43 Å². The lowest BCUT2D eigenvalue weighted by Gasteiger charge is -2.13. The smallest absolute Gasteiger partial charge is 0.280 e. The average Bonchev–Trinajstić information content (AvgIpc) is 2.72. The molecule has 0 aliphatic heterocycles. The van der Waals surface area contributed by atoms with Gasteiger partial charge in [0.05, 0.1) is 11.2 Å². The van der Waals surface area contributed by atoms with E-state index in [4.69, 9.17) is 32.7 Å². The maximum absolute atomic E-state index is 12.1. The van der Waals surface area contributed by atoms with Gasteiger partial charge in [-0.25, -0.2) is 5.43 Å². The minimum Gasteiger partial charge on any atom is -0.507 e. The first kappa shape index (κ1) is 21.5. The van der Waals surface area contributed by atoms with Gasteiger partial charge in [-0.05, 0) is 61.5 Å². The van der Waals surface area contributed by atoms with E-state index in [0.717, 1.165) is 0 Å². The number of aromatic hydroxyl groups is 1. The molecule has 0 radical (unpaired) electrons. The van der Waals surface area contributed by atoms with Crippen molar-refractivity contribution >= 4 is 35.3 Å². The number of hydrogen-bond donors (Lipinski definition) is 2. The van der Waals surface area contributed by atoms with Crippen LogP contribution in [-0.4, -0.2) is 23.3 Å². The molecule has 0 heterocycles. The number of carbonyl (C=O) groups is 1. The van der Waals surface area contributed by atoms with Crippen molar-refractivity contribution < 1.29 is 19.4 Å². The first-order chi connectivity index (χ1) is 14.4. The van der Waals surface area contributed by atoms with Crippen LogP contribution >= 0.6 is 23.2 Å². The summed E-state index contributed by atoms with van der Waals surface area (Å²) in [5, 5.41) is 14.4. The molecule has 30 heavy (non-hydrogen) atoms. The van der Waals surface area contributed by atoms with Crippen LogP contribution in [0.1, 0.15) is 12.5 Å². The molecule has 0 saturated heterocycles. The Morgan fingerprint density at radius 2 is 1.77 bits per heavy atom. The van der Waals surface area contributed by atoms with Gasteiger partial charge in [0.15, 0.2) is 6.10 Å². The van der Waals surface area contributed by atoms with Crippen LogP contribution in [0.25, 0.3) is 0 Å². The molecule has 1 amide bonds. The van der Waals surface area contributed by atoms with Crippen LogP contribution in [-0.2, 0) is 4.79 Å². The number of phenolic OH excluding ortho intramolecular Hbond substituents is 1. The lowest BCUT2D eigenvalue weighted by molar-refractivity contribution is -0.127. The van der Waals surface area contributed by atoms with Gasteiger partial charge in [0.25, 0.3) is 5.91 Å². The molecule has 6 nitrogen and oxygen atoms in total. The summed E-state index contributed by atoms with van der Waals surface area (Å²) in [6, 6.07) is 18.3. The third kappa shape index (κ3) is 5.89. The van der Waals surface area contributed by atoms with Crippen molar-refractivity contribution in [2.75, 3.05) is 0 Å². The summed E-state index contributed by atoms with van der Waals surface area (Å²) < 4.78 is 11.3. The number of hydrogen-bond acceptors (Lipinski definition) is 5. The number of halogens is 2. The maximum Gasteiger partial charge on any atom is 0.280 e. The molecule has 1 atom stereocenters. The van der Waals surface area contributed by atoms with Gasteiger partial charge in [0.1, 0.15) is 23.0 Å². The SMILES string of the molecule is CC(Oc1ccc(Oc2ccc(Cl)cc2Cl)cc1)C(=O)N/N=C/c1ccccc1O. The topological polar surface area (TPSA) is 80.2 Å². The second-order valence-corrected chi connectivity index (χ2v) is 7.04. The molecular weight excluding hydrogens is 427 g/mol. The molecule has 0 spiro atoms. The molecule has 0 aromatic heterocycles. The van der Waals surface area contributed by atoms with Gasteiger partial charge in [0, 0.05) is 10.6 Å². The molecule has 154 valence electrons. The number of nitrogens with zero attached hydrogens (tertiary/aromatic N) is 1. The molecule has 0 aliphatic rings. The van der Waals surface area contributed by atoms with Gasteiger partial charge in [-0.2, -0.15) is 5.10 Å². The molecule has 2 N–H and O–H groups in total. The van der Waals surface area contributed by atoms with E-state index in [2.05, 4.69) is 10.5 Å². The normalized spacial score (nSPS) is 11.8. The molecule has 1 unspecified atom stereocenters. The third-order valence-electron chi connectivity index (χ3n) is 3.94. The lowest BCUT2D eigenvalue weighted by Crippen LogP contribution is -2.33. The van der Waals surface area contributed by atoms with E-state index in [-0.39, 0.29) is 5.75 Å². The zero-order valence-electron chi connectivity index (χ0n) is 15.9. The van der Waals surface area contributed by atoms with Gasteiger partial charge in [-0.15, -0.1) is 0 Å². The first-order valence-corrected chi connectivity index (χ1v) is 9.68. The molecule has 0 saturated carbocycles. The minimum atomic E-state index is -0.788. The Morgan fingerprint density at radius 3 is 2.47 bits per heavy atom. The zero-order valence-corrected chi connectivity index (χ0v) is 17.4. The van der Waals surface area contributed by atoms with E-state index in [0.29, 0.717) is 32.9 Å². The van der Waals surface area contributed by atoms with Crippen molar-refractivity contribution in [1.29, 1.82) is 0 Å². The van der Waals surface area contributed by atoms with E-state index in [1.54, 1.807) is 67.6 Å². The molecule has 3 aromatic rings. The summed E-state index contributed by atoms with van der Waals surface area (Å²) in [5.74, 6) is 1.15. The van der Waals surface area contributed by atoms with Crippen molar-refractivity contribution in [3.63, 3.8) is 0 Å². The van der Waals surface area contributed by atoms with Crippen LogP contribution in [0.2, 0.25) is 10.0 Å². The quantitative estimate of drug-likeness (QED) is 0.377. The fourth-order valence-electron chi connectivity index (χ4n) is 2.38. The zero-order chi connectivity index (χ0) is 21.5. The number of carbonyl (C=O) groups excluding carboxylic acids is 1. The van der Waals surface area contributed by atoms with Crippen molar-refractivity contribution in [2.45, 2.75) is 13.0 Å². The fraction of sp³-hybridized carbons (Fsp3) is 0.0909. The summed E-state index contributed by atoms with van der Waals surface area (Å²) in [4.78, 5) is 12.1. The number of para-hydroxylation sites is 1. The molecule has 8 heteroatoms. The predicted octanol–water partition coefficient (Wildman–Crippen LogP) is 5.41. The van der Waals surface area contributed by atoms with Gasteiger partial charge < -0.3 is 14.6 Å². The summed E-state index contributed by atoms with van der Waals surface area (Å²) in [6.07, 6.45) is 0.567. The molecule has 0 aliphatic carbocycles. The molecule has 0 bridgehead atoms. The van der Waals surface area contributed by atoms with Crippen LogP contribution in [0, 0.1) is 0 Å². The number of ether oxygens (including phenoxy) is 2. The predicted molar refractivity (Wildman–Crippen MR) is 117 cm³/mol. The van der Waals surface area contributed by atoms with E-state index in [9.17, 15) is 9.90 Å². The largest absolute Gasteiger partial charge is 0.507 e. The maximum atomic E-state index is 12.1. The molecule has 0 fully saturated rings. The monoisotopic (exact) mass is 444 g/mol. The number of rotatable bonds is 7. The molecule has 3 rings (SSSR count). The standard InChI is InChI=1S/C22H18Cl2N2O4/c1-14(22(28)26-25-13-15-4-2-3-5-20(15)27)29-17-7-9-18(10-8-17)30-21-11-6-16(23)12-19(21)24/h2-14,27H,1H3,(H,26,28)/b25-13+. The second-order valence-electron chi connectivity index (χ2n) is 6.20. The van der Waals surface area contributed by atoms with Crippen LogP contribution < -0.4 is 14.9 Å². The van der Waals surface area contributed by atoms with Crippen molar-refractivity contribution in [3.05, 3.63) is 82.3 Å². The van der Waals surface area contributed by atoms with Crippen molar-refractivity contribution in [3.8, 4) is 23.0 Å². The second kappa shape index (κ2) is 10.0. The molecule has 3 aromatic carbocycles. The summed E-state index contributed by atoms with van der Waals surface area (Å²) in [7, 11) is 0. The lowest BCUT2D eigenvalue weighted by atomic mass is 10.2. The van der Waals surface area contributed by atoms with Gasteiger partial charge in [-0.1, -0.05) is 35.3 Å². The van der Waals surface area contributed by atoms with Crippen LogP contribution in [0.5, 0.6) is 23.0 Å². The highest BCUT2D eigenvalue weighted by molar-refractivity contribution is 6.35. The summed E-state index contributed by atoms with van der Waals surface area (Å²) in [6.45, 7) is 1.60. The number of benzene rings is 3. The number of hydrazone groups is 1. The van der Waals surface area contributed by atoms with Crippen molar-refractivity contribution in [2.24, 2.45) is 5.10 Å². The van der Waals surface area contributed by atoms with E-state index in [1.165, 1.54) is 12.3 Å². The fourth-order valence-corrected chi connectivity index (χ4v) is 2.83. The van der Waals surface area contributed by atoms with Gasteiger partial charge in [0.2, 0.25) is 0 Å². The van der Waals surface area contributed by atoms with Crippen LogP contribution in [0.4, 0.5) is 0 Å². The van der Waals surface area contributed by atoms with E-state index in [1.807, 2.05) is 0 Å². The highest BCUT2D eigenvalue weighted by Crippen LogP contribution is 2.32. The minimum absolute atomic E-state index is 0.0713. The highest BCUT2D eigenvalue weighted by atomic mass is 35.5.